The van der Waals surface area contributed by atoms with E-state index in [2.05, 4.69) is 15.6 Å². The summed E-state index contributed by atoms with van der Waals surface area (Å²) in [5.74, 6) is -1.69. The summed E-state index contributed by atoms with van der Waals surface area (Å²) < 4.78 is 4.96. The van der Waals surface area contributed by atoms with Crippen molar-refractivity contribution in [2.45, 2.75) is 25.3 Å². The lowest BCUT2D eigenvalue weighted by Gasteiger charge is -2.34. The number of aromatic nitrogens is 1. The molecular formula is C24H21Cl2N3O4S. The largest absolute Gasteiger partial charge is 0.461 e. The lowest BCUT2D eigenvalue weighted by molar-refractivity contribution is -0.123. The molecule has 10 heteroatoms. The molecule has 0 fully saturated rings. The number of esters is 1. The molecule has 0 saturated heterocycles. The molecular weight excluding hydrogens is 497 g/mol. The van der Waals surface area contributed by atoms with E-state index in [1.54, 1.807) is 54.8 Å². The first-order valence-electron chi connectivity index (χ1n) is 10.6. The van der Waals surface area contributed by atoms with Crippen molar-refractivity contribution in [3.8, 4) is 0 Å². The van der Waals surface area contributed by atoms with Gasteiger partial charge in [-0.2, -0.15) is 0 Å². The number of nitrogens with zero attached hydrogens (tertiary/aromatic N) is 1. The molecule has 0 bridgehead atoms. The molecule has 2 amide bonds. The lowest BCUT2D eigenvalue weighted by atomic mass is 9.80. The molecule has 7 nitrogen and oxygen atoms in total. The molecule has 1 aliphatic rings. The van der Waals surface area contributed by atoms with Gasteiger partial charge in [0.1, 0.15) is 0 Å². The fourth-order valence-corrected chi connectivity index (χ4v) is 5.18. The van der Waals surface area contributed by atoms with E-state index in [-0.39, 0.29) is 24.1 Å². The Morgan fingerprint density at radius 1 is 1.18 bits per heavy atom. The highest BCUT2D eigenvalue weighted by Crippen LogP contribution is 2.40. The minimum atomic E-state index is -0.695. The van der Waals surface area contributed by atoms with E-state index < -0.39 is 17.9 Å². The van der Waals surface area contributed by atoms with E-state index in [9.17, 15) is 14.4 Å². The van der Waals surface area contributed by atoms with Crippen molar-refractivity contribution in [3.63, 3.8) is 0 Å². The number of carbonyl (C=O) groups excluding carboxylic acids is 3. The van der Waals surface area contributed by atoms with E-state index in [1.807, 2.05) is 0 Å². The molecule has 0 spiro atoms. The van der Waals surface area contributed by atoms with Crippen molar-refractivity contribution in [1.29, 1.82) is 0 Å². The second kappa shape index (κ2) is 10.5. The topological polar surface area (TPSA) is 97.4 Å². The van der Waals surface area contributed by atoms with Crippen LogP contribution in [-0.4, -0.2) is 35.9 Å². The number of thiazole rings is 1. The van der Waals surface area contributed by atoms with Gasteiger partial charge < -0.3 is 15.4 Å². The minimum Gasteiger partial charge on any atom is -0.461 e. The maximum Gasteiger partial charge on any atom is 0.357 e. The summed E-state index contributed by atoms with van der Waals surface area (Å²) in [5.41, 5.74) is 1.93. The Morgan fingerprint density at radius 2 is 1.97 bits per heavy atom. The Hall–Kier alpha value is -2.94. The first-order valence-corrected chi connectivity index (χ1v) is 12.3. The van der Waals surface area contributed by atoms with Gasteiger partial charge in [-0.3, -0.25) is 9.59 Å². The van der Waals surface area contributed by atoms with Crippen LogP contribution in [0.3, 0.4) is 0 Å². The predicted molar refractivity (Wildman–Crippen MR) is 131 cm³/mol. The van der Waals surface area contributed by atoms with Crippen LogP contribution in [0.5, 0.6) is 0 Å². The van der Waals surface area contributed by atoms with Crippen LogP contribution < -0.4 is 10.6 Å². The first-order chi connectivity index (χ1) is 16.4. The van der Waals surface area contributed by atoms with Gasteiger partial charge in [0, 0.05) is 34.0 Å². The molecule has 0 saturated carbocycles. The van der Waals surface area contributed by atoms with E-state index >= 15 is 0 Å². The van der Waals surface area contributed by atoms with Crippen molar-refractivity contribution in [3.05, 3.63) is 85.3 Å². The number of rotatable bonds is 7. The van der Waals surface area contributed by atoms with Crippen LogP contribution in [0, 0.1) is 0 Å². The number of fused-ring (bicyclic) bond motifs is 1. The third-order valence-corrected chi connectivity index (χ3v) is 6.89. The van der Waals surface area contributed by atoms with E-state index in [0.29, 0.717) is 44.7 Å². The van der Waals surface area contributed by atoms with E-state index in [0.717, 1.165) is 0 Å². The van der Waals surface area contributed by atoms with Gasteiger partial charge in [0.25, 0.3) is 5.91 Å². The molecule has 4 rings (SSSR count). The monoisotopic (exact) mass is 517 g/mol. The summed E-state index contributed by atoms with van der Waals surface area (Å²) in [6.07, 6.45) is 0.447. The second-order valence-electron chi connectivity index (χ2n) is 7.57. The first kappa shape index (κ1) is 24.2. The van der Waals surface area contributed by atoms with Crippen LogP contribution in [0.15, 0.2) is 47.8 Å². The predicted octanol–water partition coefficient (Wildman–Crippen LogP) is 4.55. The number of benzene rings is 2. The average molecular weight is 518 g/mol. The van der Waals surface area contributed by atoms with Gasteiger partial charge >= 0.3 is 5.97 Å². The number of hydrogen-bond donors (Lipinski definition) is 2. The summed E-state index contributed by atoms with van der Waals surface area (Å²) in [6, 6.07) is 11.3. The smallest absolute Gasteiger partial charge is 0.357 e. The standard InChI is InChI=1S/C24H21Cl2N3O4S/c1-2-33-24(32)18-12-34-19(28-18)9-10-27-23(31)20-14-5-3-4-6-15(14)22(30)29-21(20)16-8-7-13(25)11-17(16)26/h3-8,11-12,20-21H,2,9-10H2,1H3,(H,27,31)(H,29,30)/t20-,21+/m1/s1. The van der Waals surface area contributed by atoms with Crippen molar-refractivity contribution in [2.75, 3.05) is 13.2 Å². The zero-order valence-corrected chi connectivity index (χ0v) is 20.5. The van der Waals surface area contributed by atoms with Gasteiger partial charge in [-0.15, -0.1) is 11.3 Å². The Morgan fingerprint density at radius 3 is 2.74 bits per heavy atom. The zero-order valence-electron chi connectivity index (χ0n) is 18.1. The summed E-state index contributed by atoms with van der Waals surface area (Å²) in [5, 5.41) is 9.04. The quantitative estimate of drug-likeness (QED) is 0.448. The maximum atomic E-state index is 13.4. The number of amides is 2. The van der Waals surface area contributed by atoms with Crippen LogP contribution >= 0.6 is 34.5 Å². The maximum absolute atomic E-state index is 13.4. The molecule has 2 aromatic carbocycles. The van der Waals surface area contributed by atoms with Crippen molar-refractivity contribution in [2.24, 2.45) is 0 Å². The Bertz CT molecular complexity index is 1250. The Kier molecular flexibility index (Phi) is 7.50. The molecule has 34 heavy (non-hydrogen) atoms. The summed E-state index contributed by atoms with van der Waals surface area (Å²) >= 11 is 13.8. The third-order valence-electron chi connectivity index (χ3n) is 5.41. The fourth-order valence-electron chi connectivity index (χ4n) is 3.89. The normalized spacial score (nSPS) is 17.0. The van der Waals surface area contributed by atoms with Crippen LogP contribution in [0.2, 0.25) is 10.0 Å². The van der Waals surface area contributed by atoms with Crippen molar-refractivity contribution < 1.29 is 19.1 Å². The highest BCUT2D eigenvalue weighted by molar-refractivity contribution is 7.09. The molecule has 176 valence electrons. The minimum absolute atomic E-state index is 0.259. The number of hydrogen-bond acceptors (Lipinski definition) is 6. The lowest BCUT2D eigenvalue weighted by Crippen LogP contribution is -2.45. The number of ether oxygens (including phenoxy) is 1. The molecule has 2 heterocycles. The molecule has 2 atom stereocenters. The zero-order chi connectivity index (χ0) is 24.2. The van der Waals surface area contributed by atoms with Crippen molar-refractivity contribution in [1.82, 2.24) is 15.6 Å². The van der Waals surface area contributed by atoms with Crippen LogP contribution in [0.25, 0.3) is 0 Å². The van der Waals surface area contributed by atoms with Crippen molar-refractivity contribution >= 4 is 52.3 Å². The molecule has 3 aromatic rings. The SMILES string of the molecule is CCOC(=O)c1csc(CCNC(=O)[C@@H]2c3ccccc3C(=O)N[C@H]2c2ccc(Cl)cc2Cl)n1. The van der Waals surface area contributed by atoms with Gasteiger partial charge in [-0.05, 0) is 36.2 Å². The molecule has 0 radical (unpaired) electrons. The average Bonchev–Trinajstić information content (AvgIpc) is 3.28. The highest BCUT2D eigenvalue weighted by Gasteiger charge is 2.39. The molecule has 0 aliphatic carbocycles. The van der Waals surface area contributed by atoms with E-state index in [1.165, 1.54) is 11.3 Å². The van der Waals surface area contributed by atoms with Gasteiger partial charge in [0.05, 0.1) is 23.6 Å². The summed E-state index contributed by atoms with van der Waals surface area (Å²) in [7, 11) is 0. The number of carbonyl (C=O) groups is 3. The van der Waals surface area contributed by atoms with Gasteiger partial charge in [0.2, 0.25) is 5.91 Å². The van der Waals surface area contributed by atoms with Gasteiger partial charge in [0.15, 0.2) is 5.69 Å². The molecule has 1 aromatic heterocycles. The summed E-state index contributed by atoms with van der Waals surface area (Å²) in [6.45, 7) is 2.32. The Labute approximate surface area is 210 Å². The highest BCUT2D eigenvalue weighted by atomic mass is 35.5. The number of halogens is 2. The molecule has 1 aliphatic heterocycles. The summed E-state index contributed by atoms with van der Waals surface area (Å²) in [4.78, 5) is 42.2. The fraction of sp³-hybridized carbons (Fsp3) is 0.250. The third kappa shape index (κ3) is 5.09. The Balaban J connectivity index is 1.54. The van der Waals surface area contributed by atoms with Gasteiger partial charge in [-0.25, -0.2) is 9.78 Å². The molecule has 2 N–H and O–H groups in total. The molecule has 0 unspecified atom stereocenters. The number of nitrogens with one attached hydrogen (secondary N) is 2. The van der Waals surface area contributed by atoms with Crippen LogP contribution in [-0.2, 0) is 16.0 Å². The van der Waals surface area contributed by atoms with Crippen LogP contribution in [0.1, 0.15) is 55.9 Å². The van der Waals surface area contributed by atoms with E-state index in [4.69, 9.17) is 27.9 Å². The van der Waals surface area contributed by atoms with Gasteiger partial charge in [-0.1, -0.05) is 47.5 Å². The van der Waals surface area contributed by atoms with Crippen LogP contribution in [0.4, 0.5) is 0 Å². The second-order valence-corrected chi connectivity index (χ2v) is 9.36.